The SMILES string of the molecule is COc1ccc(-c2nc(CSc3nnc(-c4ccncc4)o3)co2)cc1. The summed E-state index contributed by atoms with van der Waals surface area (Å²) in [5.41, 5.74) is 2.52. The molecule has 0 aliphatic carbocycles. The quantitative estimate of drug-likeness (QED) is 0.472. The Kier molecular flexibility index (Phi) is 4.65. The molecule has 0 bridgehead atoms. The first-order chi connectivity index (χ1) is 12.8. The molecule has 0 aliphatic heterocycles. The first-order valence-corrected chi connectivity index (χ1v) is 8.76. The van der Waals surface area contributed by atoms with Gasteiger partial charge in [0.15, 0.2) is 0 Å². The topological polar surface area (TPSA) is 87.1 Å². The number of benzene rings is 1. The highest BCUT2D eigenvalue weighted by atomic mass is 32.2. The van der Waals surface area contributed by atoms with Gasteiger partial charge >= 0.3 is 0 Å². The summed E-state index contributed by atoms with van der Waals surface area (Å²) in [5, 5.41) is 8.57. The van der Waals surface area contributed by atoms with Crippen LogP contribution in [0.3, 0.4) is 0 Å². The summed E-state index contributed by atoms with van der Waals surface area (Å²) in [7, 11) is 1.63. The van der Waals surface area contributed by atoms with E-state index in [-0.39, 0.29) is 0 Å². The number of methoxy groups -OCH3 is 1. The van der Waals surface area contributed by atoms with Crippen molar-refractivity contribution in [3.63, 3.8) is 0 Å². The number of pyridine rings is 1. The van der Waals surface area contributed by atoms with Crippen LogP contribution in [0.4, 0.5) is 0 Å². The molecule has 8 heteroatoms. The first-order valence-electron chi connectivity index (χ1n) is 7.77. The molecular weight excluding hydrogens is 352 g/mol. The summed E-state index contributed by atoms with van der Waals surface area (Å²) < 4.78 is 16.3. The lowest BCUT2D eigenvalue weighted by Gasteiger charge is -1.99. The summed E-state index contributed by atoms with van der Waals surface area (Å²) in [6.45, 7) is 0. The monoisotopic (exact) mass is 366 g/mol. The Balaban J connectivity index is 1.41. The fraction of sp³-hybridized carbons (Fsp3) is 0.111. The molecule has 0 fully saturated rings. The van der Waals surface area contributed by atoms with Gasteiger partial charge in [-0.3, -0.25) is 4.98 Å². The molecule has 0 saturated heterocycles. The van der Waals surface area contributed by atoms with Crippen molar-refractivity contribution in [1.29, 1.82) is 0 Å². The van der Waals surface area contributed by atoms with E-state index in [4.69, 9.17) is 13.6 Å². The highest BCUT2D eigenvalue weighted by Gasteiger charge is 2.11. The van der Waals surface area contributed by atoms with Crippen LogP contribution in [-0.2, 0) is 5.75 Å². The molecule has 0 saturated carbocycles. The van der Waals surface area contributed by atoms with Crippen LogP contribution < -0.4 is 4.74 Å². The summed E-state index contributed by atoms with van der Waals surface area (Å²) in [6.07, 6.45) is 5.00. The third-order valence-corrected chi connectivity index (χ3v) is 4.42. The Morgan fingerprint density at radius 2 is 1.73 bits per heavy atom. The van der Waals surface area contributed by atoms with Crippen LogP contribution >= 0.6 is 11.8 Å². The molecule has 0 amide bonds. The maximum Gasteiger partial charge on any atom is 0.277 e. The van der Waals surface area contributed by atoms with Crippen molar-refractivity contribution in [3.8, 4) is 28.7 Å². The van der Waals surface area contributed by atoms with Gasteiger partial charge in [0.1, 0.15) is 12.0 Å². The predicted octanol–water partition coefficient (Wildman–Crippen LogP) is 4.09. The molecule has 1 aromatic carbocycles. The molecule has 130 valence electrons. The van der Waals surface area contributed by atoms with E-state index < -0.39 is 0 Å². The normalized spacial score (nSPS) is 10.8. The minimum Gasteiger partial charge on any atom is -0.497 e. The second kappa shape index (κ2) is 7.40. The Hall–Kier alpha value is -3.13. The Bertz CT molecular complexity index is 983. The summed E-state index contributed by atoms with van der Waals surface area (Å²) in [5.74, 6) is 2.38. The minimum atomic E-state index is 0.467. The second-order valence-electron chi connectivity index (χ2n) is 5.27. The number of hydrogen-bond acceptors (Lipinski definition) is 8. The van der Waals surface area contributed by atoms with E-state index >= 15 is 0 Å². The van der Waals surface area contributed by atoms with Gasteiger partial charge in [0.05, 0.1) is 12.8 Å². The third kappa shape index (κ3) is 3.60. The van der Waals surface area contributed by atoms with Crippen molar-refractivity contribution in [2.45, 2.75) is 11.0 Å². The molecule has 4 rings (SSSR count). The molecule has 26 heavy (non-hydrogen) atoms. The number of hydrogen-bond donors (Lipinski definition) is 0. The number of rotatable bonds is 6. The van der Waals surface area contributed by atoms with E-state index in [1.165, 1.54) is 11.8 Å². The molecule has 4 aromatic rings. The zero-order valence-corrected chi connectivity index (χ0v) is 14.6. The summed E-state index contributed by atoms with van der Waals surface area (Å²) >= 11 is 1.41. The van der Waals surface area contributed by atoms with E-state index in [0.717, 1.165) is 22.6 Å². The Labute approximate surface area is 153 Å². The van der Waals surface area contributed by atoms with Gasteiger partial charge in [-0.25, -0.2) is 4.98 Å². The molecule has 3 heterocycles. The maximum atomic E-state index is 5.65. The molecular formula is C18H14N4O3S. The van der Waals surface area contributed by atoms with E-state index in [0.29, 0.717) is 22.8 Å². The van der Waals surface area contributed by atoms with Crippen LogP contribution in [0.5, 0.6) is 5.75 Å². The number of ether oxygens (including phenoxy) is 1. The van der Waals surface area contributed by atoms with Gasteiger partial charge in [0.2, 0.25) is 11.8 Å². The fourth-order valence-electron chi connectivity index (χ4n) is 2.25. The molecule has 0 spiro atoms. The Morgan fingerprint density at radius 1 is 0.962 bits per heavy atom. The fourth-order valence-corrected chi connectivity index (χ4v) is 2.89. The van der Waals surface area contributed by atoms with Crippen LogP contribution in [-0.4, -0.2) is 27.3 Å². The average Bonchev–Trinajstić information content (AvgIpc) is 3.37. The van der Waals surface area contributed by atoms with Crippen molar-refractivity contribution in [2.75, 3.05) is 7.11 Å². The van der Waals surface area contributed by atoms with Gasteiger partial charge in [-0.05, 0) is 36.4 Å². The first kappa shape index (κ1) is 16.3. The van der Waals surface area contributed by atoms with Crippen LogP contribution in [0.2, 0.25) is 0 Å². The lowest BCUT2D eigenvalue weighted by Crippen LogP contribution is -1.84. The number of oxazole rings is 1. The van der Waals surface area contributed by atoms with Crippen LogP contribution in [0.1, 0.15) is 5.69 Å². The Morgan fingerprint density at radius 3 is 2.50 bits per heavy atom. The lowest BCUT2D eigenvalue weighted by molar-refractivity contribution is 0.415. The molecule has 7 nitrogen and oxygen atoms in total. The summed E-state index contributed by atoms with van der Waals surface area (Å²) in [4.78, 5) is 8.46. The van der Waals surface area contributed by atoms with E-state index in [9.17, 15) is 0 Å². The van der Waals surface area contributed by atoms with Crippen molar-refractivity contribution >= 4 is 11.8 Å². The smallest absolute Gasteiger partial charge is 0.277 e. The molecule has 3 aromatic heterocycles. The van der Waals surface area contributed by atoms with Gasteiger partial charge in [-0.15, -0.1) is 10.2 Å². The van der Waals surface area contributed by atoms with Crippen LogP contribution in [0.15, 0.2) is 69.1 Å². The maximum absolute atomic E-state index is 5.65. The van der Waals surface area contributed by atoms with Crippen molar-refractivity contribution in [1.82, 2.24) is 20.2 Å². The van der Waals surface area contributed by atoms with Crippen molar-refractivity contribution in [3.05, 3.63) is 60.7 Å². The standard InChI is InChI=1S/C18H14N4O3S/c1-23-15-4-2-12(3-5-15)16-20-14(10-24-16)11-26-18-22-21-17(25-18)13-6-8-19-9-7-13/h2-10H,11H2,1H3. The minimum absolute atomic E-state index is 0.467. The van der Waals surface area contributed by atoms with E-state index in [1.54, 1.807) is 25.8 Å². The third-order valence-electron chi connectivity index (χ3n) is 3.57. The zero-order chi connectivity index (χ0) is 17.8. The van der Waals surface area contributed by atoms with E-state index in [1.807, 2.05) is 36.4 Å². The van der Waals surface area contributed by atoms with Gasteiger partial charge in [0, 0.05) is 29.3 Å². The summed E-state index contributed by atoms with van der Waals surface area (Å²) in [6, 6.07) is 11.2. The largest absolute Gasteiger partial charge is 0.497 e. The molecule has 0 atom stereocenters. The lowest BCUT2D eigenvalue weighted by atomic mass is 10.2. The zero-order valence-electron chi connectivity index (χ0n) is 13.8. The molecule has 0 aliphatic rings. The number of thioether (sulfide) groups is 1. The van der Waals surface area contributed by atoms with Gasteiger partial charge in [-0.1, -0.05) is 11.8 Å². The van der Waals surface area contributed by atoms with Crippen LogP contribution in [0, 0.1) is 0 Å². The molecule has 0 unspecified atom stereocenters. The molecule has 0 N–H and O–H groups in total. The van der Waals surface area contributed by atoms with E-state index in [2.05, 4.69) is 20.2 Å². The predicted molar refractivity (Wildman–Crippen MR) is 95.6 cm³/mol. The van der Waals surface area contributed by atoms with Crippen molar-refractivity contribution < 1.29 is 13.6 Å². The van der Waals surface area contributed by atoms with Gasteiger partial charge in [0.25, 0.3) is 5.22 Å². The highest BCUT2D eigenvalue weighted by Crippen LogP contribution is 2.27. The average molecular weight is 366 g/mol. The van der Waals surface area contributed by atoms with Gasteiger partial charge < -0.3 is 13.6 Å². The van der Waals surface area contributed by atoms with Gasteiger partial charge in [-0.2, -0.15) is 0 Å². The highest BCUT2D eigenvalue weighted by molar-refractivity contribution is 7.98. The number of aromatic nitrogens is 4. The second-order valence-corrected chi connectivity index (χ2v) is 6.20. The molecule has 0 radical (unpaired) electrons. The van der Waals surface area contributed by atoms with Crippen molar-refractivity contribution in [2.24, 2.45) is 0 Å². The van der Waals surface area contributed by atoms with Crippen LogP contribution in [0.25, 0.3) is 22.9 Å². The number of nitrogens with zero attached hydrogens (tertiary/aromatic N) is 4.